The number of allylic oxidation sites excluding steroid dienone is 1. The molecule has 4 aliphatic rings. The number of benzene rings is 2. The average molecular weight is 751 g/mol. The number of methoxy groups -OCH3 is 1. The van der Waals surface area contributed by atoms with E-state index in [0.717, 1.165) is 37.8 Å². The molecule has 52 heavy (non-hydrogen) atoms. The maximum absolute atomic E-state index is 13.6. The number of aryl methyl sites for hydroxylation is 1. The van der Waals surface area contributed by atoms with Crippen LogP contribution in [0.4, 0.5) is 5.69 Å². The van der Waals surface area contributed by atoms with Crippen LogP contribution in [0.15, 0.2) is 65.4 Å². The molecular formula is C39H47ClN4O7S. The van der Waals surface area contributed by atoms with Gasteiger partial charge < -0.3 is 24.1 Å². The van der Waals surface area contributed by atoms with Crippen molar-refractivity contribution in [1.29, 1.82) is 0 Å². The largest absolute Gasteiger partial charge is 0.490 e. The zero-order valence-corrected chi connectivity index (χ0v) is 31.5. The number of oxazole rings is 1. The van der Waals surface area contributed by atoms with Gasteiger partial charge >= 0.3 is 0 Å². The number of rotatable bonds is 5. The molecule has 11 nitrogen and oxygen atoms in total. The predicted molar refractivity (Wildman–Crippen MR) is 198 cm³/mol. The molecule has 0 radical (unpaired) electrons. The highest BCUT2D eigenvalue weighted by Gasteiger charge is 2.50. The normalized spacial score (nSPS) is 30.5. The highest BCUT2D eigenvalue weighted by Crippen LogP contribution is 2.50. The maximum atomic E-state index is 13.6. The van der Waals surface area contributed by atoms with Crippen molar-refractivity contribution in [1.82, 2.24) is 15.0 Å². The zero-order valence-electron chi connectivity index (χ0n) is 29.9. The summed E-state index contributed by atoms with van der Waals surface area (Å²) in [6, 6.07) is 11.3. The lowest BCUT2D eigenvalue weighted by atomic mass is 9.62. The van der Waals surface area contributed by atoms with Gasteiger partial charge in [0.05, 0.1) is 42.3 Å². The Bertz CT molecular complexity index is 1950. The van der Waals surface area contributed by atoms with Crippen molar-refractivity contribution in [3.8, 4) is 5.75 Å². The van der Waals surface area contributed by atoms with Gasteiger partial charge in [0.15, 0.2) is 0 Å². The molecule has 6 atom stereocenters. The molecule has 1 aromatic heterocycles. The minimum atomic E-state index is -4.03. The van der Waals surface area contributed by atoms with Gasteiger partial charge in [0.1, 0.15) is 12.0 Å². The molecule has 1 saturated carbocycles. The minimum Gasteiger partial charge on any atom is -0.490 e. The molecule has 1 fully saturated rings. The molecule has 0 unspecified atom stereocenters. The monoisotopic (exact) mass is 750 g/mol. The highest BCUT2D eigenvalue weighted by atomic mass is 35.5. The van der Waals surface area contributed by atoms with E-state index in [9.17, 15) is 18.0 Å². The van der Waals surface area contributed by atoms with Gasteiger partial charge in [0.25, 0.3) is 5.91 Å². The molecular weight excluding hydrogens is 704 g/mol. The Balaban J connectivity index is 1.29. The summed E-state index contributed by atoms with van der Waals surface area (Å²) in [5.74, 6) is -0.0306. The van der Waals surface area contributed by atoms with Crippen molar-refractivity contribution in [2.45, 2.75) is 81.6 Å². The van der Waals surface area contributed by atoms with Crippen LogP contribution in [0, 0.1) is 17.8 Å². The number of carbonyl (C=O) groups excluding carboxylic acids is 2. The van der Waals surface area contributed by atoms with E-state index >= 15 is 0 Å². The Morgan fingerprint density at radius 3 is 2.79 bits per heavy atom. The summed E-state index contributed by atoms with van der Waals surface area (Å²) in [6.45, 7) is 5.31. The van der Waals surface area contributed by atoms with Gasteiger partial charge in [-0.1, -0.05) is 36.7 Å². The van der Waals surface area contributed by atoms with Gasteiger partial charge in [-0.25, -0.2) is 18.1 Å². The number of aromatic nitrogens is 1. The molecule has 2 aliphatic heterocycles. The fourth-order valence-corrected chi connectivity index (χ4v) is 10.1. The second-order valence-electron chi connectivity index (χ2n) is 15.1. The fourth-order valence-electron chi connectivity index (χ4n) is 8.66. The van der Waals surface area contributed by atoms with Crippen molar-refractivity contribution in [2.24, 2.45) is 17.8 Å². The van der Waals surface area contributed by atoms with Crippen molar-refractivity contribution < 1.29 is 31.9 Å². The Labute approximate surface area is 310 Å². The first kappa shape index (κ1) is 36.5. The Morgan fingerprint density at radius 1 is 1.19 bits per heavy atom. The number of hydrogen-bond acceptors (Lipinski definition) is 9. The van der Waals surface area contributed by atoms with Crippen LogP contribution in [-0.2, 0) is 37.9 Å². The van der Waals surface area contributed by atoms with E-state index < -0.39 is 26.8 Å². The van der Waals surface area contributed by atoms with E-state index in [0.29, 0.717) is 42.8 Å². The fraction of sp³-hybridized carbons (Fsp3) is 0.513. The third-order valence-electron chi connectivity index (χ3n) is 12.0. The Morgan fingerprint density at radius 2 is 2.04 bits per heavy atom. The molecule has 7 rings (SSSR count). The number of halogens is 1. The van der Waals surface area contributed by atoms with Crippen LogP contribution in [0.5, 0.6) is 5.75 Å². The lowest BCUT2D eigenvalue weighted by Crippen LogP contribution is -2.54. The number of nitrogens with one attached hydrogen (secondary N) is 2. The molecule has 0 saturated heterocycles. The quantitative estimate of drug-likeness (QED) is 0.302. The number of hydrogen-bond donors (Lipinski definition) is 2. The lowest BCUT2D eigenvalue weighted by molar-refractivity contribution is -0.133. The van der Waals surface area contributed by atoms with Crippen LogP contribution >= 0.6 is 11.6 Å². The van der Waals surface area contributed by atoms with Crippen molar-refractivity contribution in [2.75, 3.05) is 31.7 Å². The van der Waals surface area contributed by atoms with Gasteiger partial charge in [0, 0.05) is 36.2 Å². The number of nitrogens with zero attached hydrogens (tertiary/aromatic N) is 2. The third kappa shape index (κ3) is 7.09. The first-order chi connectivity index (χ1) is 24.9. The molecule has 2 amide bonds. The maximum Gasteiger partial charge on any atom is 0.264 e. The zero-order chi connectivity index (χ0) is 36.7. The second-order valence-corrected chi connectivity index (χ2v) is 17.5. The van der Waals surface area contributed by atoms with Crippen LogP contribution in [0.25, 0.3) is 0 Å². The highest BCUT2D eigenvalue weighted by molar-refractivity contribution is 7.90. The Kier molecular flexibility index (Phi) is 10.2. The van der Waals surface area contributed by atoms with Gasteiger partial charge in [-0.2, -0.15) is 0 Å². The number of anilines is 1. The van der Waals surface area contributed by atoms with Gasteiger partial charge in [-0.15, -0.1) is 0 Å². The summed E-state index contributed by atoms with van der Waals surface area (Å²) in [7, 11) is -2.38. The van der Waals surface area contributed by atoms with E-state index in [2.05, 4.69) is 32.1 Å². The molecule has 2 N–H and O–H groups in total. The molecule has 13 heteroatoms. The molecule has 2 bridgehead atoms. The topological polar surface area (TPSA) is 140 Å². The SMILES string of the molecule is CO[C@@]1(CC(=O)NCc2ncco2)/C=C\C[C@H](C)[C@@H](C)S(=O)(=O)NC(=O)c2ccc3c(c2)N(C[C@@H]2CC[C@H]21)C[C@@]1(CCCc2cc(Cl)ccc21)CO3. The first-order valence-corrected chi connectivity index (χ1v) is 20.1. The summed E-state index contributed by atoms with van der Waals surface area (Å²) in [6.07, 6.45) is 12.0. The average Bonchev–Trinajstić information content (AvgIpc) is 3.58. The number of amides is 2. The van der Waals surface area contributed by atoms with Crippen molar-refractivity contribution in [3.63, 3.8) is 0 Å². The predicted octanol–water partition coefficient (Wildman–Crippen LogP) is 5.96. The molecule has 2 aliphatic carbocycles. The lowest BCUT2D eigenvalue weighted by Gasteiger charge is -2.50. The van der Waals surface area contributed by atoms with Gasteiger partial charge in [0.2, 0.25) is 21.8 Å². The van der Waals surface area contributed by atoms with Crippen LogP contribution in [0.2, 0.25) is 5.02 Å². The summed E-state index contributed by atoms with van der Waals surface area (Å²) >= 11 is 6.46. The van der Waals surface area contributed by atoms with Gasteiger partial charge in [-0.05, 0) is 105 Å². The van der Waals surface area contributed by atoms with Crippen LogP contribution < -0.4 is 19.7 Å². The Hall–Kier alpha value is -3.87. The minimum absolute atomic E-state index is 0.0156. The third-order valence-corrected chi connectivity index (χ3v) is 14.1. The molecule has 2 aromatic carbocycles. The first-order valence-electron chi connectivity index (χ1n) is 18.2. The molecule has 278 valence electrons. The number of sulfonamides is 1. The van der Waals surface area contributed by atoms with E-state index in [1.165, 1.54) is 23.6 Å². The number of carbonyl (C=O) groups is 2. The van der Waals surface area contributed by atoms with Crippen LogP contribution in [-0.4, -0.2) is 62.9 Å². The molecule has 3 heterocycles. The molecule has 1 spiro atoms. The van der Waals surface area contributed by atoms with Crippen LogP contribution in [0.1, 0.15) is 79.7 Å². The standard InChI is InChI=1S/C39H47ClN4O7S/c1-25-6-4-15-39(49-3,20-35(45)42-21-36-41-16-17-50-36)32-11-8-29(32)22-44-23-38(14-5-7-27-18-30(40)10-12-31(27)38)24-51-34-13-9-28(19-33(34)44)37(46)43-52(47,48)26(25)2/h4,9-10,12-13,15-19,25-26,29,32H,5-8,11,14,20-24H2,1-3H3,(H,42,45)(H,43,46)/b15-4-/t25-,26+,29-,32+,38-,39+/m0/s1. The summed E-state index contributed by atoms with van der Waals surface area (Å²) in [5, 5.41) is 2.78. The number of fused-ring (bicyclic) bond motifs is 4. The van der Waals surface area contributed by atoms with E-state index in [1.54, 1.807) is 32.2 Å². The molecule has 3 aromatic rings. The second kappa shape index (κ2) is 14.5. The number of ether oxygens (including phenoxy) is 2. The van der Waals surface area contributed by atoms with E-state index in [4.69, 9.17) is 25.5 Å². The van der Waals surface area contributed by atoms with Gasteiger partial charge in [-0.3, -0.25) is 9.59 Å². The summed E-state index contributed by atoms with van der Waals surface area (Å²) < 4.78 is 47.7. The smallest absolute Gasteiger partial charge is 0.264 e. The van der Waals surface area contributed by atoms with Crippen LogP contribution in [0.3, 0.4) is 0 Å². The van der Waals surface area contributed by atoms with Crippen molar-refractivity contribution in [3.05, 3.63) is 88.6 Å². The van der Waals surface area contributed by atoms with E-state index in [1.807, 2.05) is 25.1 Å². The summed E-state index contributed by atoms with van der Waals surface area (Å²) in [4.78, 5) is 33.6. The summed E-state index contributed by atoms with van der Waals surface area (Å²) in [5.41, 5.74) is 2.13. The van der Waals surface area contributed by atoms with E-state index in [-0.39, 0.29) is 47.6 Å². The van der Waals surface area contributed by atoms with Crippen molar-refractivity contribution >= 4 is 39.1 Å².